The second kappa shape index (κ2) is 5.27. The molecular formula is C9H15NO2S. The molecule has 1 aliphatic rings. The molecule has 74 valence electrons. The summed E-state index contributed by atoms with van der Waals surface area (Å²) in [4.78, 5) is 15.0. The van der Waals surface area contributed by atoms with Gasteiger partial charge in [0.1, 0.15) is 5.25 Å². The number of hydrogen-bond donors (Lipinski definition) is 1. The van der Waals surface area contributed by atoms with Crippen LogP contribution in [0.1, 0.15) is 32.6 Å². The van der Waals surface area contributed by atoms with Gasteiger partial charge in [0.15, 0.2) is 0 Å². The minimum Gasteiger partial charge on any atom is -0.480 e. The molecule has 0 aromatic heterocycles. The van der Waals surface area contributed by atoms with Crippen LogP contribution in [-0.4, -0.2) is 27.9 Å². The van der Waals surface area contributed by atoms with E-state index in [9.17, 15) is 4.79 Å². The molecule has 0 spiro atoms. The lowest BCUT2D eigenvalue weighted by atomic mass is 10.2. The van der Waals surface area contributed by atoms with Crippen LogP contribution in [-0.2, 0) is 4.79 Å². The Hall–Kier alpha value is -0.510. The Bertz CT molecular complexity index is 216. The molecule has 1 heterocycles. The fourth-order valence-electron chi connectivity index (χ4n) is 1.24. The molecule has 0 amide bonds. The van der Waals surface area contributed by atoms with Crippen LogP contribution < -0.4 is 0 Å². The summed E-state index contributed by atoms with van der Waals surface area (Å²) in [6, 6.07) is 0. The third-order valence-corrected chi connectivity index (χ3v) is 3.44. The van der Waals surface area contributed by atoms with E-state index in [-0.39, 0.29) is 5.25 Å². The Kier molecular flexibility index (Phi) is 4.28. The summed E-state index contributed by atoms with van der Waals surface area (Å²) in [5, 5.41) is 9.55. The lowest BCUT2D eigenvalue weighted by Gasteiger charge is -2.14. The van der Waals surface area contributed by atoms with Gasteiger partial charge in [0.25, 0.3) is 0 Å². The molecule has 1 unspecified atom stereocenters. The van der Waals surface area contributed by atoms with E-state index in [2.05, 4.69) is 4.99 Å². The van der Waals surface area contributed by atoms with Crippen LogP contribution in [0.2, 0.25) is 0 Å². The molecule has 1 aliphatic heterocycles. The highest BCUT2D eigenvalue weighted by Gasteiger charge is 2.19. The maximum atomic E-state index is 10.7. The second-order valence-electron chi connectivity index (χ2n) is 3.09. The van der Waals surface area contributed by atoms with E-state index in [0.29, 0.717) is 6.42 Å². The number of rotatable bonds is 3. The molecule has 0 aliphatic carbocycles. The van der Waals surface area contributed by atoms with Crippen LogP contribution in [0.15, 0.2) is 4.99 Å². The van der Waals surface area contributed by atoms with Crippen molar-refractivity contribution in [3.05, 3.63) is 0 Å². The van der Waals surface area contributed by atoms with Crippen LogP contribution in [0.25, 0.3) is 0 Å². The third kappa shape index (κ3) is 3.38. The van der Waals surface area contributed by atoms with Crippen LogP contribution in [0.5, 0.6) is 0 Å². The highest BCUT2D eigenvalue weighted by atomic mass is 32.2. The van der Waals surface area contributed by atoms with Gasteiger partial charge in [0.2, 0.25) is 0 Å². The average molecular weight is 201 g/mol. The van der Waals surface area contributed by atoms with Gasteiger partial charge in [-0.2, -0.15) is 0 Å². The van der Waals surface area contributed by atoms with Crippen molar-refractivity contribution in [1.82, 2.24) is 0 Å². The molecular weight excluding hydrogens is 186 g/mol. The molecule has 1 N–H and O–H groups in total. The van der Waals surface area contributed by atoms with Crippen molar-refractivity contribution in [3.63, 3.8) is 0 Å². The number of aliphatic imine (C=N–C) groups is 1. The monoisotopic (exact) mass is 201 g/mol. The van der Waals surface area contributed by atoms with Gasteiger partial charge in [-0.15, -0.1) is 0 Å². The first kappa shape index (κ1) is 10.6. The average Bonchev–Trinajstić information content (AvgIpc) is 2.15. The molecule has 13 heavy (non-hydrogen) atoms. The van der Waals surface area contributed by atoms with Gasteiger partial charge in [-0.25, -0.2) is 0 Å². The fourth-order valence-corrected chi connectivity index (χ4v) is 2.26. The maximum Gasteiger partial charge on any atom is 0.317 e. The third-order valence-electron chi connectivity index (χ3n) is 2.01. The van der Waals surface area contributed by atoms with E-state index < -0.39 is 5.97 Å². The Morgan fingerprint density at radius 1 is 1.69 bits per heavy atom. The Morgan fingerprint density at radius 3 is 2.92 bits per heavy atom. The number of nitrogens with zero attached hydrogens (tertiary/aromatic N) is 1. The van der Waals surface area contributed by atoms with Gasteiger partial charge in [0, 0.05) is 6.54 Å². The first-order valence-electron chi connectivity index (χ1n) is 4.66. The number of carboxylic acid groups (broad SMARTS) is 1. The van der Waals surface area contributed by atoms with Gasteiger partial charge < -0.3 is 5.11 Å². The molecule has 0 fully saturated rings. The Morgan fingerprint density at radius 2 is 2.46 bits per heavy atom. The Labute approximate surface area is 82.6 Å². The quantitative estimate of drug-likeness (QED) is 0.761. The van der Waals surface area contributed by atoms with Gasteiger partial charge in [0.05, 0.1) is 5.04 Å². The summed E-state index contributed by atoms with van der Waals surface area (Å²) in [6.45, 7) is 2.77. The molecule has 0 saturated heterocycles. The predicted molar refractivity (Wildman–Crippen MR) is 55.5 cm³/mol. The molecule has 3 nitrogen and oxygen atoms in total. The SMILES string of the molecule is CCC(SC1=NCCCC1)C(=O)O. The molecule has 0 radical (unpaired) electrons. The largest absolute Gasteiger partial charge is 0.480 e. The fraction of sp³-hybridized carbons (Fsp3) is 0.778. The standard InChI is InChI=1S/C9H15NO2S/c1-2-7(9(11)12)13-8-5-3-4-6-10-8/h7H,2-6H2,1H3,(H,11,12). The van der Waals surface area contributed by atoms with Gasteiger partial charge >= 0.3 is 5.97 Å². The van der Waals surface area contributed by atoms with Crippen molar-refractivity contribution >= 4 is 22.8 Å². The lowest BCUT2D eigenvalue weighted by molar-refractivity contribution is -0.136. The molecule has 4 heteroatoms. The number of carboxylic acids is 1. The molecule has 0 aromatic rings. The number of thioether (sulfide) groups is 1. The summed E-state index contributed by atoms with van der Waals surface area (Å²) in [6.07, 6.45) is 3.93. The van der Waals surface area contributed by atoms with Crippen molar-refractivity contribution in [1.29, 1.82) is 0 Å². The van der Waals surface area contributed by atoms with E-state index in [1.54, 1.807) is 0 Å². The molecule has 0 aromatic carbocycles. The summed E-state index contributed by atoms with van der Waals surface area (Å²) in [7, 11) is 0. The zero-order valence-corrected chi connectivity index (χ0v) is 8.64. The number of aliphatic carboxylic acids is 1. The van der Waals surface area contributed by atoms with E-state index >= 15 is 0 Å². The molecule has 1 atom stereocenters. The second-order valence-corrected chi connectivity index (χ2v) is 4.36. The smallest absolute Gasteiger partial charge is 0.317 e. The van der Waals surface area contributed by atoms with Crippen molar-refractivity contribution in [3.8, 4) is 0 Å². The topological polar surface area (TPSA) is 49.7 Å². The van der Waals surface area contributed by atoms with E-state index in [1.165, 1.54) is 11.8 Å². The zero-order chi connectivity index (χ0) is 9.68. The summed E-state index contributed by atoms with van der Waals surface area (Å²) in [5.74, 6) is -0.722. The van der Waals surface area contributed by atoms with Crippen LogP contribution in [0.3, 0.4) is 0 Å². The van der Waals surface area contributed by atoms with E-state index in [4.69, 9.17) is 5.11 Å². The minimum atomic E-state index is -0.722. The first-order chi connectivity index (χ1) is 6.24. The highest BCUT2D eigenvalue weighted by molar-refractivity contribution is 8.15. The van der Waals surface area contributed by atoms with Crippen LogP contribution in [0.4, 0.5) is 0 Å². The molecule has 1 rings (SSSR count). The van der Waals surface area contributed by atoms with E-state index in [0.717, 1.165) is 30.9 Å². The first-order valence-corrected chi connectivity index (χ1v) is 5.54. The number of carbonyl (C=O) groups is 1. The normalized spacial score (nSPS) is 19.3. The minimum absolute atomic E-state index is 0.308. The van der Waals surface area contributed by atoms with Crippen LogP contribution >= 0.6 is 11.8 Å². The highest BCUT2D eigenvalue weighted by Crippen LogP contribution is 2.22. The molecule has 0 saturated carbocycles. The molecule has 0 bridgehead atoms. The van der Waals surface area contributed by atoms with Crippen molar-refractivity contribution < 1.29 is 9.90 Å². The van der Waals surface area contributed by atoms with Gasteiger partial charge in [-0.3, -0.25) is 9.79 Å². The van der Waals surface area contributed by atoms with Crippen molar-refractivity contribution in [2.24, 2.45) is 4.99 Å². The predicted octanol–water partition coefficient (Wildman–Crippen LogP) is 2.17. The summed E-state index contributed by atoms with van der Waals surface area (Å²) < 4.78 is 0. The van der Waals surface area contributed by atoms with E-state index in [1.807, 2.05) is 6.92 Å². The Balaban J connectivity index is 2.45. The van der Waals surface area contributed by atoms with Gasteiger partial charge in [-0.05, 0) is 25.7 Å². The maximum absolute atomic E-state index is 10.7. The summed E-state index contributed by atoms with van der Waals surface area (Å²) >= 11 is 1.42. The van der Waals surface area contributed by atoms with Crippen molar-refractivity contribution in [2.45, 2.75) is 37.9 Å². The number of hydrogen-bond acceptors (Lipinski definition) is 3. The lowest BCUT2D eigenvalue weighted by Crippen LogP contribution is -2.18. The van der Waals surface area contributed by atoms with Crippen molar-refractivity contribution in [2.75, 3.05) is 6.54 Å². The zero-order valence-electron chi connectivity index (χ0n) is 7.82. The van der Waals surface area contributed by atoms with Gasteiger partial charge in [-0.1, -0.05) is 18.7 Å². The van der Waals surface area contributed by atoms with Crippen LogP contribution in [0, 0.1) is 0 Å². The summed E-state index contributed by atoms with van der Waals surface area (Å²) in [5.41, 5.74) is 0.